The van der Waals surface area contributed by atoms with Crippen molar-refractivity contribution >= 4 is 11.0 Å². The zero-order valence-electron chi connectivity index (χ0n) is 11.6. The maximum absolute atomic E-state index is 11.9. The van der Waals surface area contributed by atoms with Crippen LogP contribution in [0, 0.1) is 11.3 Å². The van der Waals surface area contributed by atoms with Gasteiger partial charge in [-0.3, -0.25) is 4.57 Å². The summed E-state index contributed by atoms with van der Waals surface area (Å²) in [6.07, 6.45) is 7.44. The van der Waals surface area contributed by atoms with Gasteiger partial charge in [0.15, 0.2) is 0 Å². The molecule has 1 aromatic carbocycles. The van der Waals surface area contributed by atoms with Crippen molar-refractivity contribution < 1.29 is 0 Å². The van der Waals surface area contributed by atoms with Crippen molar-refractivity contribution in [3.05, 3.63) is 46.9 Å². The van der Waals surface area contributed by atoms with E-state index in [9.17, 15) is 4.79 Å². The first kappa shape index (κ1) is 14.1. The second-order valence-corrected chi connectivity index (χ2v) is 4.92. The number of imidazole rings is 1. The molecule has 2 rings (SSSR count). The lowest BCUT2D eigenvalue weighted by molar-refractivity contribution is 0.573. The van der Waals surface area contributed by atoms with Gasteiger partial charge < -0.3 is 4.98 Å². The van der Waals surface area contributed by atoms with Crippen LogP contribution in [-0.4, -0.2) is 9.55 Å². The van der Waals surface area contributed by atoms with E-state index in [1.165, 1.54) is 6.42 Å². The van der Waals surface area contributed by atoms with E-state index in [-0.39, 0.29) is 5.69 Å². The number of aryl methyl sites for hydroxylation is 1. The number of hydrogen-bond acceptors (Lipinski definition) is 2. The van der Waals surface area contributed by atoms with Crippen molar-refractivity contribution in [1.29, 1.82) is 5.26 Å². The Hall–Kier alpha value is -2.28. The molecular formula is C16H19N3O. The Morgan fingerprint density at radius 3 is 2.85 bits per heavy atom. The Bertz CT molecular complexity index is 688. The van der Waals surface area contributed by atoms with E-state index in [0.717, 1.165) is 43.3 Å². The summed E-state index contributed by atoms with van der Waals surface area (Å²) < 4.78 is 1.75. The molecule has 0 saturated heterocycles. The molecule has 4 heteroatoms. The Balaban J connectivity index is 2.03. The van der Waals surface area contributed by atoms with Crippen molar-refractivity contribution in [1.82, 2.24) is 9.55 Å². The predicted octanol–water partition coefficient (Wildman–Crippen LogP) is 3.34. The largest absolute Gasteiger partial charge is 0.326 e. The van der Waals surface area contributed by atoms with Gasteiger partial charge in [0.25, 0.3) is 0 Å². The standard InChI is InChI=1S/C16H19N3O/c1-2-3-4-5-6-7-10-19-15-9-8-13(12-17)11-14(15)18-16(19)20/h2,8-9,11H,1,3-7,10H2,(H,18,20). The Labute approximate surface area is 118 Å². The van der Waals surface area contributed by atoms with Gasteiger partial charge in [-0.25, -0.2) is 4.79 Å². The molecule has 0 unspecified atom stereocenters. The molecule has 20 heavy (non-hydrogen) atoms. The van der Waals surface area contributed by atoms with E-state index in [0.29, 0.717) is 5.56 Å². The highest BCUT2D eigenvalue weighted by atomic mass is 16.1. The third-order valence-corrected chi connectivity index (χ3v) is 3.44. The summed E-state index contributed by atoms with van der Waals surface area (Å²) in [5.74, 6) is 0. The number of nitrogens with one attached hydrogen (secondary N) is 1. The van der Waals surface area contributed by atoms with Crippen LogP contribution < -0.4 is 5.69 Å². The second-order valence-electron chi connectivity index (χ2n) is 4.92. The molecule has 0 atom stereocenters. The first-order chi connectivity index (χ1) is 9.76. The lowest BCUT2D eigenvalue weighted by atomic mass is 10.1. The second kappa shape index (κ2) is 6.76. The number of nitrogens with zero attached hydrogens (tertiary/aromatic N) is 2. The van der Waals surface area contributed by atoms with Crippen molar-refractivity contribution in [3.8, 4) is 6.07 Å². The molecule has 4 nitrogen and oxygen atoms in total. The number of hydrogen-bond donors (Lipinski definition) is 1. The number of fused-ring (bicyclic) bond motifs is 1. The van der Waals surface area contributed by atoms with Gasteiger partial charge >= 0.3 is 5.69 Å². The predicted molar refractivity (Wildman–Crippen MR) is 80.6 cm³/mol. The van der Waals surface area contributed by atoms with E-state index in [2.05, 4.69) is 17.6 Å². The minimum absolute atomic E-state index is 0.0961. The van der Waals surface area contributed by atoms with Crippen LogP contribution in [0.4, 0.5) is 0 Å². The summed E-state index contributed by atoms with van der Waals surface area (Å²) in [4.78, 5) is 14.7. The molecule has 104 valence electrons. The van der Waals surface area contributed by atoms with Crippen LogP contribution in [0.25, 0.3) is 11.0 Å². The van der Waals surface area contributed by atoms with Gasteiger partial charge in [-0.2, -0.15) is 5.26 Å². The van der Waals surface area contributed by atoms with Gasteiger partial charge in [-0.1, -0.05) is 18.9 Å². The lowest BCUT2D eigenvalue weighted by Crippen LogP contribution is -2.16. The van der Waals surface area contributed by atoms with Gasteiger partial charge in [0.2, 0.25) is 0 Å². The van der Waals surface area contributed by atoms with Crippen LogP contribution in [0.1, 0.15) is 37.7 Å². The minimum atomic E-state index is -0.0961. The molecule has 0 spiro atoms. The fourth-order valence-corrected chi connectivity index (χ4v) is 2.37. The molecule has 0 saturated carbocycles. The quantitative estimate of drug-likeness (QED) is 0.619. The van der Waals surface area contributed by atoms with Gasteiger partial charge in [0, 0.05) is 6.54 Å². The first-order valence-corrected chi connectivity index (χ1v) is 7.00. The number of aromatic nitrogens is 2. The molecule has 0 fully saturated rings. The van der Waals surface area contributed by atoms with E-state index < -0.39 is 0 Å². The van der Waals surface area contributed by atoms with Gasteiger partial charge in [0.1, 0.15) is 0 Å². The maximum Gasteiger partial charge on any atom is 0.326 e. The molecule has 1 aromatic heterocycles. The van der Waals surface area contributed by atoms with E-state index in [4.69, 9.17) is 5.26 Å². The minimum Gasteiger partial charge on any atom is -0.305 e. The van der Waals surface area contributed by atoms with Crippen LogP contribution >= 0.6 is 0 Å². The molecule has 1 N–H and O–H groups in total. The number of unbranched alkanes of at least 4 members (excludes halogenated alkanes) is 4. The monoisotopic (exact) mass is 269 g/mol. The molecule has 0 aliphatic heterocycles. The Kier molecular flexibility index (Phi) is 4.78. The van der Waals surface area contributed by atoms with Crippen LogP contribution in [0.5, 0.6) is 0 Å². The lowest BCUT2D eigenvalue weighted by Gasteiger charge is -2.03. The average Bonchev–Trinajstić information content (AvgIpc) is 2.77. The number of nitriles is 1. The average molecular weight is 269 g/mol. The molecule has 0 aliphatic rings. The van der Waals surface area contributed by atoms with E-state index in [1.807, 2.05) is 12.1 Å². The highest BCUT2D eigenvalue weighted by Gasteiger charge is 2.06. The topological polar surface area (TPSA) is 61.6 Å². The number of H-pyrrole nitrogens is 1. The highest BCUT2D eigenvalue weighted by Crippen LogP contribution is 2.13. The zero-order chi connectivity index (χ0) is 14.4. The summed E-state index contributed by atoms with van der Waals surface area (Å²) in [6, 6.07) is 7.38. The summed E-state index contributed by atoms with van der Waals surface area (Å²) in [5, 5.41) is 8.86. The number of allylic oxidation sites excluding steroid dienone is 1. The van der Waals surface area contributed by atoms with Gasteiger partial charge in [-0.15, -0.1) is 6.58 Å². The van der Waals surface area contributed by atoms with Crippen molar-refractivity contribution in [2.24, 2.45) is 0 Å². The fraction of sp³-hybridized carbons (Fsp3) is 0.375. The summed E-state index contributed by atoms with van der Waals surface area (Å²) >= 11 is 0. The molecular weight excluding hydrogens is 250 g/mol. The maximum atomic E-state index is 11.9. The molecule has 0 bridgehead atoms. The number of rotatable bonds is 7. The highest BCUT2D eigenvalue weighted by molar-refractivity contribution is 5.76. The number of aromatic amines is 1. The van der Waals surface area contributed by atoms with E-state index >= 15 is 0 Å². The third-order valence-electron chi connectivity index (χ3n) is 3.44. The summed E-state index contributed by atoms with van der Waals surface area (Å²) in [7, 11) is 0. The fourth-order valence-electron chi connectivity index (χ4n) is 2.37. The van der Waals surface area contributed by atoms with E-state index in [1.54, 1.807) is 16.7 Å². The van der Waals surface area contributed by atoms with Crippen molar-refractivity contribution in [2.75, 3.05) is 0 Å². The molecule has 0 radical (unpaired) electrons. The van der Waals surface area contributed by atoms with Crippen LogP contribution in [-0.2, 0) is 6.54 Å². The summed E-state index contributed by atoms with van der Waals surface area (Å²) in [6.45, 7) is 4.43. The third kappa shape index (κ3) is 3.18. The molecule has 2 aromatic rings. The first-order valence-electron chi connectivity index (χ1n) is 7.00. The Morgan fingerprint density at radius 1 is 1.30 bits per heavy atom. The summed E-state index contributed by atoms with van der Waals surface area (Å²) in [5.41, 5.74) is 2.08. The van der Waals surface area contributed by atoms with Crippen LogP contribution in [0.2, 0.25) is 0 Å². The molecule has 0 amide bonds. The molecule has 0 aliphatic carbocycles. The van der Waals surface area contributed by atoms with Gasteiger partial charge in [0.05, 0.1) is 22.7 Å². The van der Waals surface area contributed by atoms with Crippen molar-refractivity contribution in [2.45, 2.75) is 38.6 Å². The Morgan fingerprint density at radius 2 is 2.10 bits per heavy atom. The SMILES string of the molecule is C=CCCCCCCn1c(=O)[nH]c2cc(C#N)ccc21. The normalized spacial score (nSPS) is 10.6. The van der Waals surface area contributed by atoms with Crippen LogP contribution in [0.3, 0.4) is 0 Å². The zero-order valence-corrected chi connectivity index (χ0v) is 11.6. The molecule has 1 heterocycles. The smallest absolute Gasteiger partial charge is 0.305 e. The van der Waals surface area contributed by atoms with Gasteiger partial charge in [-0.05, 0) is 37.5 Å². The number of benzene rings is 1. The van der Waals surface area contributed by atoms with Crippen LogP contribution in [0.15, 0.2) is 35.6 Å². The van der Waals surface area contributed by atoms with Crippen molar-refractivity contribution in [3.63, 3.8) is 0 Å².